The highest BCUT2D eigenvalue weighted by Gasteiger charge is 2.13. The third-order valence-corrected chi connectivity index (χ3v) is 7.29. The number of hydrogen-bond acceptors (Lipinski definition) is 8. The minimum atomic E-state index is 0.488. The SMILES string of the molecule is CCC(C)CCCC(C)COc1cc2ncnc(Nc3ccc(Oc4ccn5ncnc5c4)c(C)c3)c2nc1C. The molecule has 0 aliphatic heterocycles. The molecule has 0 saturated carbocycles. The van der Waals surface area contributed by atoms with Crippen molar-refractivity contribution in [2.24, 2.45) is 11.8 Å². The number of hydrogen-bond donors (Lipinski definition) is 1. The van der Waals surface area contributed by atoms with Crippen LogP contribution < -0.4 is 14.8 Å². The molecule has 208 valence electrons. The van der Waals surface area contributed by atoms with E-state index in [1.165, 1.54) is 32.0 Å². The second kappa shape index (κ2) is 12.3. The Hall–Kier alpha value is -4.27. The second-order valence-corrected chi connectivity index (χ2v) is 10.7. The van der Waals surface area contributed by atoms with Gasteiger partial charge in [0.2, 0.25) is 0 Å². The molecule has 0 aliphatic rings. The number of aromatic nitrogens is 6. The van der Waals surface area contributed by atoms with Gasteiger partial charge in [0.1, 0.15) is 35.4 Å². The van der Waals surface area contributed by atoms with E-state index in [0.29, 0.717) is 29.6 Å². The van der Waals surface area contributed by atoms with Gasteiger partial charge in [0.15, 0.2) is 11.5 Å². The van der Waals surface area contributed by atoms with E-state index in [2.05, 4.69) is 46.1 Å². The molecule has 1 aromatic carbocycles. The standard InChI is InChI=1S/C31H37N7O2/c1-6-20(2)8-7-9-21(3)17-39-28-16-26-30(36-23(28)5)31(34-18-32-26)37-24-10-11-27(22(4)14-24)40-25-12-13-38-29(15-25)33-19-35-38/h10-16,18-21H,6-9,17H2,1-5H3,(H,32,34,37). The van der Waals surface area contributed by atoms with Crippen LogP contribution in [0, 0.1) is 25.7 Å². The van der Waals surface area contributed by atoms with Gasteiger partial charge in [-0.15, -0.1) is 0 Å². The van der Waals surface area contributed by atoms with Crippen molar-refractivity contribution in [1.82, 2.24) is 29.5 Å². The van der Waals surface area contributed by atoms with E-state index in [1.807, 2.05) is 56.4 Å². The van der Waals surface area contributed by atoms with E-state index in [9.17, 15) is 0 Å². The number of rotatable bonds is 12. The highest BCUT2D eigenvalue weighted by atomic mass is 16.5. The van der Waals surface area contributed by atoms with Crippen molar-refractivity contribution in [1.29, 1.82) is 0 Å². The fourth-order valence-corrected chi connectivity index (χ4v) is 4.60. The molecule has 0 amide bonds. The highest BCUT2D eigenvalue weighted by molar-refractivity contribution is 5.88. The molecule has 5 aromatic rings. The smallest absolute Gasteiger partial charge is 0.160 e. The average Bonchev–Trinajstić information content (AvgIpc) is 3.42. The number of ether oxygens (including phenoxy) is 2. The number of fused-ring (bicyclic) bond motifs is 2. The lowest BCUT2D eigenvalue weighted by Crippen LogP contribution is -2.10. The summed E-state index contributed by atoms with van der Waals surface area (Å²) in [4.78, 5) is 18.0. The van der Waals surface area contributed by atoms with Crippen LogP contribution in [0.2, 0.25) is 0 Å². The van der Waals surface area contributed by atoms with E-state index >= 15 is 0 Å². The summed E-state index contributed by atoms with van der Waals surface area (Å²) in [5, 5.41) is 7.52. The van der Waals surface area contributed by atoms with Crippen LogP contribution in [-0.2, 0) is 0 Å². The molecule has 0 fully saturated rings. The Kier molecular flexibility index (Phi) is 8.38. The Morgan fingerprint density at radius 3 is 2.60 bits per heavy atom. The number of nitrogens with zero attached hydrogens (tertiary/aromatic N) is 6. The first kappa shape index (κ1) is 27.3. The van der Waals surface area contributed by atoms with Gasteiger partial charge in [-0.25, -0.2) is 24.5 Å². The van der Waals surface area contributed by atoms with Crippen molar-refractivity contribution < 1.29 is 9.47 Å². The van der Waals surface area contributed by atoms with E-state index in [4.69, 9.17) is 14.5 Å². The van der Waals surface area contributed by atoms with Crippen molar-refractivity contribution in [2.75, 3.05) is 11.9 Å². The van der Waals surface area contributed by atoms with Crippen LogP contribution in [0.15, 0.2) is 55.2 Å². The van der Waals surface area contributed by atoms with Gasteiger partial charge in [-0.3, -0.25) is 0 Å². The van der Waals surface area contributed by atoms with Gasteiger partial charge in [-0.1, -0.05) is 40.0 Å². The first-order valence-corrected chi connectivity index (χ1v) is 14.0. The minimum Gasteiger partial charge on any atom is -0.491 e. The molecule has 0 aliphatic carbocycles. The first-order chi connectivity index (χ1) is 19.4. The first-order valence-electron chi connectivity index (χ1n) is 14.0. The molecule has 2 unspecified atom stereocenters. The van der Waals surface area contributed by atoms with E-state index < -0.39 is 0 Å². The molecular weight excluding hydrogens is 502 g/mol. The van der Waals surface area contributed by atoms with E-state index in [0.717, 1.165) is 45.5 Å². The monoisotopic (exact) mass is 539 g/mol. The van der Waals surface area contributed by atoms with Crippen LogP contribution in [0.4, 0.5) is 11.5 Å². The molecule has 2 atom stereocenters. The van der Waals surface area contributed by atoms with E-state index in [-0.39, 0.29) is 0 Å². The predicted molar refractivity (Wildman–Crippen MR) is 158 cm³/mol. The molecule has 4 aromatic heterocycles. The number of nitrogens with one attached hydrogen (secondary N) is 1. The largest absolute Gasteiger partial charge is 0.491 e. The lowest BCUT2D eigenvalue weighted by Gasteiger charge is -2.16. The summed E-state index contributed by atoms with van der Waals surface area (Å²) >= 11 is 0. The van der Waals surface area contributed by atoms with Crippen LogP contribution in [0.25, 0.3) is 16.7 Å². The zero-order chi connectivity index (χ0) is 28.1. The third kappa shape index (κ3) is 6.47. The lowest BCUT2D eigenvalue weighted by molar-refractivity contribution is 0.244. The summed E-state index contributed by atoms with van der Waals surface area (Å²) in [6.45, 7) is 11.5. The van der Waals surface area contributed by atoms with Crippen LogP contribution >= 0.6 is 0 Å². The Morgan fingerprint density at radius 2 is 1.77 bits per heavy atom. The Balaban J connectivity index is 1.25. The molecule has 9 heteroatoms. The second-order valence-electron chi connectivity index (χ2n) is 10.7. The summed E-state index contributed by atoms with van der Waals surface area (Å²) in [5.41, 5.74) is 4.84. The number of benzene rings is 1. The molecule has 0 radical (unpaired) electrons. The van der Waals surface area contributed by atoms with Crippen LogP contribution in [0.5, 0.6) is 17.2 Å². The molecule has 9 nitrogen and oxygen atoms in total. The third-order valence-electron chi connectivity index (χ3n) is 7.29. The normalized spacial score (nSPS) is 12.9. The summed E-state index contributed by atoms with van der Waals surface area (Å²) in [6.07, 6.45) is 9.82. The molecule has 0 spiro atoms. The number of pyridine rings is 2. The lowest BCUT2D eigenvalue weighted by atomic mass is 9.97. The maximum Gasteiger partial charge on any atom is 0.160 e. The van der Waals surface area contributed by atoms with Crippen molar-refractivity contribution >= 4 is 28.2 Å². The van der Waals surface area contributed by atoms with Crippen LogP contribution in [0.3, 0.4) is 0 Å². The molecule has 1 N–H and O–H groups in total. The zero-order valence-electron chi connectivity index (χ0n) is 23.9. The van der Waals surface area contributed by atoms with Gasteiger partial charge >= 0.3 is 0 Å². The number of aryl methyl sites for hydroxylation is 2. The van der Waals surface area contributed by atoms with Gasteiger partial charge in [-0.2, -0.15) is 5.10 Å². The Bertz CT molecular complexity index is 1600. The van der Waals surface area contributed by atoms with Crippen molar-refractivity contribution in [3.63, 3.8) is 0 Å². The summed E-state index contributed by atoms with van der Waals surface area (Å²) in [6, 6.07) is 11.6. The fourth-order valence-electron chi connectivity index (χ4n) is 4.60. The molecule has 4 heterocycles. The molecule has 0 saturated heterocycles. The van der Waals surface area contributed by atoms with Gasteiger partial charge in [-0.05, 0) is 61.9 Å². The van der Waals surface area contributed by atoms with Crippen LogP contribution in [-0.4, -0.2) is 36.2 Å². The Morgan fingerprint density at radius 1 is 0.925 bits per heavy atom. The average molecular weight is 540 g/mol. The van der Waals surface area contributed by atoms with Crippen molar-refractivity contribution in [3.8, 4) is 17.2 Å². The maximum atomic E-state index is 6.18. The molecule has 40 heavy (non-hydrogen) atoms. The summed E-state index contributed by atoms with van der Waals surface area (Å²) in [7, 11) is 0. The van der Waals surface area contributed by atoms with Gasteiger partial charge in [0, 0.05) is 24.0 Å². The number of anilines is 2. The van der Waals surface area contributed by atoms with Crippen molar-refractivity contribution in [3.05, 3.63) is 66.5 Å². The zero-order valence-corrected chi connectivity index (χ0v) is 23.9. The maximum absolute atomic E-state index is 6.18. The van der Waals surface area contributed by atoms with Crippen LogP contribution in [0.1, 0.15) is 57.7 Å². The quantitative estimate of drug-likeness (QED) is 0.174. The Labute approximate surface area is 235 Å². The topological polar surface area (TPSA) is 99.4 Å². The molecule has 0 bridgehead atoms. The molecular formula is C31H37N7O2. The van der Waals surface area contributed by atoms with Gasteiger partial charge < -0.3 is 14.8 Å². The highest BCUT2D eigenvalue weighted by Crippen LogP contribution is 2.31. The van der Waals surface area contributed by atoms with Gasteiger partial charge in [0.05, 0.1) is 17.8 Å². The fraction of sp³-hybridized carbons (Fsp3) is 0.387. The van der Waals surface area contributed by atoms with Gasteiger partial charge in [0.25, 0.3) is 0 Å². The molecule has 5 rings (SSSR count). The predicted octanol–water partition coefficient (Wildman–Crippen LogP) is 7.45. The minimum absolute atomic E-state index is 0.488. The summed E-state index contributed by atoms with van der Waals surface area (Å²) in [5.74, 6) is 4.15. The summed E-state index contributed by atoms with van der Waals surface area (Å²) < 4.78 is 14.0. The van der Waals surface area contributed by atoms with E-state index in [1.54, 1.807) is 10.8 Å². The van der Waals surface area contributed by atoms with Crippen molar-refractivity contribution in [2.45, 2.75) is 60.3 Å².